The van der Waals surface area contributed by atoms with E-state index in [0.717, 1.165) is 29.5 Å². The molecule has 2 aromatic carbocycles. The van der Waals surface area contributed by atoms with E-state index >= 15 is 0 Å². The van der Waals surface area contributed by atoms with Crippen molar-refractivity contribution >= 4 is 39.1 Å². The lowest BCUT2D eigenvalue weighted by Gasteiger charge is -2.10. The van der Waals surface area contributed by atoms with Gasteiger partial charge in [0.15, 0.2) is 5.69 Å². The number of carboxylic acid groups (broad SMARTS) is 1. The SMILES string of the molecule is N#Cc1cccc(Cn2c(C(=O)O)c(-n3c(=O)[nH]c4cscc4c3=O)c3cc(C(F)(F)F)ccc32)c1. The minimum Gasteiger partial charge on any atom is -0.477 e. The van der Waals surface area contributed by atoms with Gasteiger partial charge in [-0.05, 0) is 35.9 Å². The highest BCUT2D eigenvalue weighted by atomic mass is 32.1. The van der Waals surface area contributed by atoms with Crippen LogP contribution in [0.1, 0.15) is 27.2 Å². The number of halogens is 3. The standard InChI is InChI=1S/C24H13F3N4O4S/c25-24(26,27)14-4-5-18-15(7-14)19(31-21(32)16-10-36-11-17(16)29-23(31)35)20(22(33)34)30(18)9-13-3-1-2-12(6-13)8-28/h1-7,10-11H,9H2,(H,29,35)(H,33,34). The lowest BCUT2D eigenvalue weighted by Crippen LogP contribution is -2.34. The molecule has 2 N–H and O–H groups in total. The van der Waals surface area contributed by atoms with E-state index in [2.05, 4.69) is 4.98 Å². The summed E-state index contributed by atoms with van der Waals surface area (Å²) in [6.45, 7) is -0.146. The molecule has 0 radical (unpaired) electrons. The Balaban J connectivity index is 1.92. The number of nitrogens with one attached hydrogen (secondary N) is 1. The summed E-state index contributed by atoms with van der Waals surface area (Å²) >= 11 is 1.13. The number of hydrogen-bond acceptors (Lipinski definition) is 5. The summed E-state index contributed by atoms with van der Waals surface area (Å²) in [6.07, 6.45) is -4.76. The summed E-state index contributed by atoms with van der Waals surface area (Å²) in [5.41, 5.74) is -2.85. The highest BCUT2D eigenvalue weighted by molar-refractivity contribution is 7.09. The fourth-order valence-electron chi connectivity index (χ4n) is 4.19. The minimum absolute atomic E-state index is 0.0643. The predicted molar refractivity (Wildman–Crippen MR) is 126 cm³/mol. The lowest BCUT2D eigenvalue weighted by molar-refractivity contribution is -0.137. The van der Waals surface area contributed by atoms with Crippen LogP contribution >= 0.6 is 11.3 Å². The normalized spacial score (nSPS) is 11.7. The fraction of sp³-hybridized carbons (Fsp3) is 0.0833. The van der Waals surface area contributed by atoms with E-state index in [0.29, 0.717) is 15.7 Å². The van der Waals surface area contributed by atoms with Gasteiger partial charge in [0, 0.05) is 22.7 Å². The number of alkyl halides is 3. The van der Waals surface area contributed by atoms with E-state index < -0.39 is 40.3 Å². The van der Waals surface area contributed by atoms with Crippen molar-refractivity contribution in [2.24, 2.45) is 0 Å². The number of aromatic nitrogens is 3. The first-order chi connectivity index (χ1) is 17.1. The number of hydrogen-bond donors (Lipinski definition) is 2. The number of thiophene rings is 1. The summed E-state index contributed by atoms with van der Waals surface area (Å²) in [7, 11) is 0. The van der Waals surface area contributed by atoms with Crippen LogP contribution in [-0.2, 0) is 12.7 Å². The number of benzene rings is 2. The van der Waals surface area contributed by atoms with Gasteiger partial charge in [-0.2, -0.15) is 18.4 Å². The van der Waals surface area contributed by atoms with E-state index in [9.17, 15) is 37.9 Å². The van der Waals surface area contributed by atoms with Crippen LogP contribution in [0.2, 0.25) is 0 Å². The maximum absolute atomic E-state index is 13.6. The van der Waals surface area contributed by atoms with Crippen LogP contribution in [0.3, 0.4) is 0 Å². The third kappa shape index (κ3) is 3.66. The quantitative estimate of drug-likeness (QED) is 0.373. The Kier molecular flexibility index (Phi) is 5.30. The number of aromatic carboxylic acids is 1. The zero-order valence-corrected chi connectivity index (χ0v) is 18.8. The van der Waals surface area contributed by atoms with Crippen molar-refractivity contribution < 1.29 is 23.1 Å². The molecule has 0 fully saturated rings. The molecule has 3 aromatic heterocycles. The Morgan fingerprint density at radius 2 is 1.89 bits per heavy atom. The summed E-state index contributed by atoms with van der Waals surface area (Å²) in [6, 6.07) is 10.9. The molecule has 3 heterocycles. The molecule has 0 saturated carbocycles. The summed E-state index contributed by atoms with van der Waals surface area (Å²) < 4.78 is 42.5. The molecule has 0 saturated heterocycles. The largest absolute Gasteiger partial charge is 0.477 e. The van der Waals surface area contributed by atoms with E-state index in [4.69, 9.17) is 0 Å². The first kappa shape index (κ1) is 23.1. The van der Waals surface area contributed by atoms with Gasteiger partial charge in [0.1, 0.15) is 0 Å². The monoisotopic (exact) mass is 510 g/mol. The molecular weight excluding hydrogens is 497 g/mol. The third-order valence-corrected chi connectivity index (χ3v) is 6.47. The number of aromatic amines is 1. The molecule has 0 unspecified atom stereocenters. The minimum atomic E-state index is -4.76. The Morgan fingerprint density at radius 3 is 2.58 bits per heavy atom. The van der Waals surface area contributed by atoms with E-state index in [-0.39, 0.29) is 28.4 Å². The van der Waals surface area contributed by atoms with Gasteiger partial charge in [-0.25, -0.2) is 14.2 Å². The van der Waals surface area contributed by atoms with E-state index in [1.807, 2.05) is 6.07 Å². The molecule has 36 heavy (non-hydrogen) atoms. The molecule has 0 amide bonds. The number of nitriles is 1. The molecule has 0 bridgehead atoms. The van der Waals surface area contributed by atoms with Crippen LogP contribution in [0.15, 0.2) is 62.8 Å². The van der Waals surface area contributed by atoms with Gasteiger partial charge in [0.05, 0.1) is 39.3 Å². The van der Waals surface area contributed by atoms with Gasteiger partial charge in [-0.3, -0.25) is 4.79 Å². The smallest absolute Gasteiger partial charge is 0.416 e. The number of nitrogens with zero attached hydrogens (tertiary/aromatic N) is 3. The Bertz CT molecular complexity index is 1850. The molecule has 12 heteroatoms. The number of fused-ring (bicyclic) bond motifs is 2. The van der Waals surface area contributed by atoms with Crippen molar-refractivity contribution in [1.82, 2.24) is 14.1 Å². The Hall–Kier alpha value is -4.63. The Labute approximate surface area is 202 Å². The van der Waals surface area contributed by atoms with Crippen molar-refractivity contribution in [2.45, 2.75) is 12.7 Å². The molecule has 0 atom stereocenters. The fourth-order valence-corrected chi connectivity index (χ4v) is 4.94. The maximum atomic E-state index is 13.6. The molecule has 0 aliphatic carbocycles. The van der Waals surface area contributed by atoms with Crippen LogP contribution in [0.4, 0.5) is 13.2 Å². The van der Waals surface area contributed by atoms with Gasteiger partial charge in [0.25, 0.3) is 5.56 Å². The summed E-state index contributed by atoms with van der Waals surface area (Å²) in [4.78, 5) is 41.2. The molecule has 180 valence electrons. The van der Waals surface area contributed by atoms with Crippen LogP contribution in [0.25, 0.3) is 27.5 Å². The van der Waals surface area contributed by atoms with Crippen molar-refractivity contribution in [3.05, 3.63) is 96.4 Å². The molecule has 8 nitrogen and oxygen atoms in total. The van der Waals surface area contributed by atoms with Crippen molar-refractivity contribution in [2.75, 3.05) is 0 Å². The number of carboxylic acids is 1. The molecule has 5 rings (SSSR count). The zero-order chi connectivity index (χ0) is 25.8. The van der Waals surface area contributed by atoms with Crippen molar-refractivity contribution in [1.29, 1.82) is 5.26 Å². The number of H-pyrrole nitrogens is 1. The first-order valence-corrected chi connectivity index (χ1v) is 11.2. The van der Waals surface area contributed by atoms with Crippen LogP contribution in [0, 0.1) is 11.3 Å². The van der Waals surface area contributed by atoms with Crippen molar-refractivity contribution in [3.63, 3.8) is 0 Å². The van der Waals surface area contributed by atoms with Gasteiger partial charge in [0.2, 0.25) is 0 Å². The molecule has 0 aliphatic rings. The van der Waals surface area contributed by atoms with Gasteiger partial charge in [-0.15, -0.1) is 11.3 Å². The highest BCUT2D eigenvalue weighted by Gasteiger charge is 2.33. The number of carbonyl (C=O) groups is 1. The molecule has 0 spiro atoms. The van der Waals surface area contributed by atoms with Gasteiger partial charge >= 0.3 is 17.8 Å². The van der Waals surface area contributed by atoms with Crippen LogP contribution < -0.4 is 11.2 Å². The summed E-state index contributed by atoms with van der Waals surface area (Å²) in [5.74, 6) is -1.55. The predicted octanol–water partition coefficient (Wildman–Crippen LogP) is 4.33. The van der Waals surface area contributed by atoms with Gasteiger partial charge in [-0.1, -0.05) is 12.1 Å². The molecule has 0 aliphatic heterocycles. The van der Waals surface area contributed by atoms with Crippen LogP contribution in [-0.4, -0.2) is 25.2 Å². The molecular formula is C24H13F3N4O4S. The average Bonchev–Trinajstić information content (AvgIpc) is 3.41. The topological polar surface area (TPSA) is 121 Å². The van der Waals surface area contributed by atoms with Gasteiger partial charge < -0.3 is 14.7 Å². The second-order valence-electron chi connectivity index (χ2n) is 7.90. The van der Waals surface area contributed by atoms with Crippen molar-refractivity contribution in [3.8, 4) is 11.8 Å². The average molecular weight is 510 g/mol. The second kappa shape index (κ2) is 8.24. The van der Waals surface area contributed by atoms with Crippen LogP contribution in [0.5, 0.6) is 0 Å². The highest BCUT2D eigenvalue weighted by Crippen LogP contribution is 2.36. The van der Waals surface area contributed by atoms with E-state index in [1.54, 1.807) is 18.2 Å². The molecule has 5 aromatic rings. The summed E-state index contributed by atoms with van der Waals surface area (Å²) in [5, 5.41) is 22.2. The number of rotatable bonds is 4. The maximum Gasteiger partial charge on any atom is 0.416 e. The third-order valence-electron chi connectivity index (χ3n) is 5.73. The lowest BCUT2D eigenvalue weighted by atomic mass is 10.1. The Morgan fingerprint density at radius 1 is 1.11 bits per heavy atom. The first-order valence-electron chi connectivity index (χ1n) is 10.3. The second-order valence-corrected chi connectivity index (χ2v) is 8.64. The van der Waals surface area contributed by atoms with E-state index in [1.165, 1.54) is 21.4 Å². The zero-order valence-electron chi connectivity index (χ0n) is 18.0.